The number of aliphatic imine (C=N–C) groups is 1. The van der Waals surface area contributed by atoms with Gasteiger partial charge in [0.25, 0.3) is 0 Å². The second-order valence-corrected chi connectivity index (χ2v) is 9.27. The van der Waals surface area contributed by atoms with E-state index in [0.29, 0.717) is 27.3 Å². The van der Waals surface area contributed by atoms with E-state index in [1.54, 1.807) is 19.2 Å². The molecule has 34 heavy (non-hydrogen) atoms. The lowest BCUT2D eigenvalue weighted by Gasteiger charge is -2.14. The molecule has 4 aromatic rings. The van der Waals surface area contributed by atoms with Gasteiger partial charge < -0.3 is 4.74 Å². The van der Waals surface area contributed by atoms with Crippen LogP contribution in [0.5, 0.6) is 5.75 Å². The van der Waals surface area contributed by atoms with E-state index in [0.717, 1.165) is 22.5 Å². The predicted octanol–water partition coefficient (Wildman–Crippen LogP) is 4.87. The molecule has 1 aliphatic heterocycles. The van der Waals surface area contributed by atoms with Crippen LogP contribution in [-0.4, -0.2) is 38.4 Å². The minimum Gasteiger partial charge on any atom is -0.497 e. The summed E-state index contributed by atoms with van der Waals surface area (Å²) in [6.07, 6.45) is 0. The fourth-order valence-corrected chi connectivity index (χ4v) is 4.77. The number of rotatable bonds is 6. The van der Waals surface area contributed by atoms with E-state index >= 15 is 0 Å². The van der Waals surface area contributed by atoms with Crippen LogP contribution in [0.15, 0.2) is 82.7 Å². The third kappa shape index (κ3) is 4.27. The average molecular weight is 493 g/mol. The topological polar surface area (TPSA) is 78.6 Å². The second kappa shape index (κ2) is 9.50. The molecule has 0 spiro atoms. The summed E-state index contributed by atoms with van der Waals surface area (Å²) in [6, 6.07) is 21.8. The molecule has 0 saturated heterocycles. The molecule has 5 rings (SSSR count). The van der Waals surface area contributed by atoms with E-state index in [1.807, 2.05) is 72.2 Å². The molecule has 9 heteroatoms. The van der Waals surface area contributed by atoms with Crippen molar-refractivity contribution in [3.63, 3.8) is 0 Å². The third-order valence-corrected chi connectivity index (χ3v) is 6.78. The Labute approximate surface area is 204 Å². The van der Waals surface area contributed by atoms with Gasteiger partial charge >= 0.3 is 0 Å². The van der Waals surface area contributed by atoms with E-state index in [9.17, 15) is 4.21 Å². The molecule has 1 aliphatic rings. The molecule has 1 aromatic heterocycles. The zero-order valence-corrected chi connectivity index (χ0v) is 20.1. The highest BCUT2D eigenvalue weighted by Gasteiger charge is 2.29. The lowest BCUT2D eigenvalue weighted by molar-refractivity contribution is 0.312. The Morgan fingerprint density at radius 3 is 2.53 bits per heavy atom. The van der Waals surface area contributed by atoms with Gasteiger partial charge in [0.1, 0.15) is 17.6 Å². The summed E-state index contributed by atoms with van der Waals surface area (Å²) in [4.78, 5) is 5.63. The summed E-state index contributed by atoms with van der Waals surface area (Å²) in [5.74, 6) is 2.02. The summed E-state index contributed by atoms with van der Waals surface area (Å²) in [6.45, 7) is 1.94. The van der Waals surface area contributed by atoms with Crippen LogP contribution in [-0.2, 0) is 15.3 Å². The van der Waals surface area contributed by atoms with Gasteiger partial charge in [-0.25, -0.2) is 4.21 Å². The number of ether oxygens (including phenoxy) is 1. The summed E-state index contributed by atoms with van der Waals surface area (Å²) < 4.78 is 26.0. The SMILES string of the molecule is COc1ccc2c(c1)C(c1ccc(Cl)cc1)=N[C@@H](COS(=O)c1ccccc1)c1nnc(C)n1-2. The number of nitrogens with zero attached hydrogens (tertiary/aromatic N) is 4. The van der Waals surface area contributed by atoms with Gasteiger partial charge in [-0.15, -0.1) is 10.2 Å². The molecule has 0 aliphatic carbocycles. The van der Waals surface area contributed by atoms with E-state index in [4.69, 9.17) is 25.5 Å². The zero-order chi connectivity index (χ0) is 23.7. The lowest BCUT2D eigenvalue weighted by Crippen LogP contribution is -2.13. The smallest absolute Gasteiger partial charge is 0.189 e. The summed E-state index contributed by atoms with van der Waals surface area (Å²) >= 11 is 4.50. The maximum absolute atomic E-state index is 12.7. The van der Waals surface area contributed by atoms with Gasteiger partial charge in [0, 0.05) is 16.1 Å². The Morgan fingerprint density at radius 1 is 1.03 bits per heavy atom. The van der Waals surface area contributed by atoms with Gasteiger partial charge in [0.05, 0.1) is 30.0 Å². The van der Waals surface area contributed by atoms with Crippen LogP contribution in [0.2, 0.25) is 5.02 Å². The van der Waals surface area contributed by atoms with Crippen molar-refractivity contribution in [1.82, 2.24) is 14.8 Å². The largest absolute Gasteiger partial charge is 0.497 e. The van der Waals surface area contributed by atoms with Crippen LogP contribution in [0.4, 0.5) is 0 Å². The van der Waals surface area contributed by atoms with Crippen LogP contribution >= 0.6 is 11.6 Å². The number of hydrogen-bond donors (Lipinski definition) is 0. The van der Waals surface area contributed by atoms with Gasteiger partial charge in [0.15, 0.2) is 16.9 Å². The Morgan fingerprint density at radius 2 is 1.79 bits per heavy atom. The first-order valence-corrected chi connectivity index (χ1v) is 12.0. The summed E-state index contributed by atoms with van der Waals surface area (Å²) in [5.41, 5.74) is 3.34. The van der Waals surface area contributed by atoms with Crippen LogP contribution < -0.4 is 4.74 Å². The highest BCUT2D eigenvalue weighted by molar-refractivity contribution is 7.80. The molecule has 0 N–H and O–H groups in total. The Hall–Kier alpha value is -3.33. The quantitative estimate of drug-likeness (QED) is 0.383. The lowest BCUT2D eigenvalue weighted by atomic mass is 10.00. The van der Waals surface area contributed by atoms with E-state index in [2.05, 4.69) is 10.2 Å². The number of aromatic nitrogens is 3. The highest BCUT2D eigenvalue weighted by Crippen LogP contribution is 2.33. The maximum atomic E-state index is 12.7. The van der Waals surface area contributed by atoms with Gasteiger partial charge in [0.2, 0.25) is 0 Å². The molecule has 172 valence electrons. The molecular formula is C25H21ClN4O3S. The molecular weight excluding hydrogens is 472 g/mol. The number of methoxy groups -OCH3 is 1. The maximum Gasteiger partial charge on any atom is 0.189 e. The van der Waals surface area contributed by atoms with Crippen molar-refractivity contribution in [3.8, 4) is 11.4 Å². The summed E-state index contributed by atoms with van der Waals surface area (Å²) in [5, 5.41) is 9.33. The monoisotopic (exact) mass is 492 g/mol. The van der Waals surface area contributed by atoms with Crippen molar-refractivity contribution in [2.45, 2.75) is 17.9 Å². The van der Waals surface area contributed by atoms with Gasteiger partial charge in [-0.1, -0.05) is 41.9 Å². The van der Waals surface area contributed by atoms with Crippen LogP contribution in [0.25, 0.3) is 5.69 Å². The first-order valence-electron chi connectivity index (χ1n) is 10.6. The minimum absolute atomic E-state index is 0.0574. The van der Waals surface area contributed by atoms with Crippen molar-refractivity contribution >= 4 is 28.4 Å². The average Bonchev–Trinajstić information content (AvgIpc) is 3.19. The fourth-order valence-electron chi connectivity index (χ4n) is 3.88. The molecule has 0 amide bonds. The van der Waals surface area contributed by atoms with Crippen molar-refractivity contribution < 1.29 is 13.1 Å². The van der Waals surface area contributed by atoms with Crippen molar-refractivity contribution in [2.24, 2.45) is 4.99 Å². The molecule has 2 heterocycles. The predicted molar refractivity (Wildman–Crippen MR) is 131 cm³/mol. The van der Waals surface area contributed by atoms with Crippen LogP contribution in [0.1, 0.15) is 28.8 Å². The van der Waals surface area contributed by atoms with E-state index < -0.39 is 17.1 Å². The second-order valence-electron chi connectivity index (χ2n) is 7.66. The number of benzene rings is 3. The van der Waals surface area contributed by atoms with Crippen LogP contribution in [0, 0.1) is 6.92 Å². The normalized spacial score (nSPS) is 15.6. The highest BCUT2D eigenvalue weighted by atomic mass is 35.5. The van der Waals surface area contributed by atoms with Gasteiger partial charge in [-0.05, 0) is 49.4 Å². The van der Waals surface area contributed by atoms with Crippen LogP contribution in [0.3, 0.4) is 0 Å². The molecule has 7 nitrogen and oxygen atoms in total. The third-order valence-electron chi connectivity index (χ3n) is 5.52. The van der Waals surface area contributed by atoms with Crippen molar-refractivity contribution in [2.75, 3.05) is 13.7 Å². The first-order chi connectivity index (χ1) is 16.5. The Bertz CT molecular complexity index is 1390. The standard InChI is InChI=1S/C25H21ClN4O3S/c1-16-28-29-25-22(15-33-34(31)20-6-4-3-5-7-20)27-24(17-8-10-18(26)11-9-17)21-14-19(32-2)12-13-23(21)30(16)25/h3-14,22H,15H2,1-2H3/t22-,34?/m0/s1. The molecule has 0 bridgehead atoms. The van der Waals surface area contributed by atoms with E-state index in [-0.39, 0.29) is 6.61 Å². The molecule has 0 saturated carbocycles. The number of halogens is 1. The minimum atomic E-state index is -1.64. The molecule has 3 aromatic carbocycles. The molecule has 0 radical (unpaired) electrons. The van der Waals surface area contributed by atoms with Crippen molar-refractivity contribution in [3.05, 3.63) is 101 Å². The molecule has 0 fully saturated rings. The Balaban J connectivity index is 1.62. The van der Waals surface area contributed by atoms with Gasteiger partial charge in [-0.3, -0.25) is 13.7 Å². The van der Waals surface area contributed by atoms with E-state index in [1.165, 1.54) is 0 Å². The summed E-state index contributed by atoms with van der Waals surface area (Å²) in [7, 11) is 1.63. The van der Waals surface area contributed by atoms with Crippen molar-refractivity contribution in [1.29, 1.82) is 0 Å². The van der Waals surface area contributed by atoms with Gasteiger partial charge in [-0.2, -0.15) is 0 Å². The molecule has 1 unspecified atom stereocenters. The zero-order valence-electron chi connectivity index (χ0n) is 18.5. The number of fused-ring (bicyclic) bond motifs is 3. The Kier molecular flexibility index (Phi) is 6.28. The number of aryl methyl sites for hydroxylation is 1. The fraction of sp³-hybridized carbons (Fsp3) is 0.160. The molecule has 2 atom stereocenters. The first kappa shape index (κ1) is 22.5. The number of hydrogen-bond acceptors (Lipinski definition) is 6.